The summed E-state index contributed by atoms with van der Waals surface area (Å²) in [5.41, 5.74) is 6.79. The molecular weight excluding hydrogens is 274 g/mol. The predicted octanol–water partition coefficient (Wildman–Crippen LogP) is 0.860. The molecule has 1 fully saturated rings. The van der Waals surface area contributed by atoms with Gasteiger partial charge >= 0.3 is 0 Å². The summed E-state index contributed by atoms with van der Waals surface area (Å²) in [7, 11) is -0.265. The number of hydrogen-bond donors (Lipinski definition) is 1. The third-order valence-electron chi connectivity index (χ3n) is 3.83. The van der Waals surface area contributed by atoms with Gasteiger partial charge in [0.15, 0.2) is 0 Å². The predicted molar refractivity (Wildman–Crippen MR) is 79.8 cm³/mol. The SMILES string of the molecule is CN(C)S(=O)(=O)c1cccc(CN2CCCC2CN)c1. The van der Waals surface area contributed by atoms with Gasteiger partial charge in [-0.15, -0.1) is 0 Å². The molecule has 1 heterocycles. The maximum atomic E-state index is 12.1. The zero-order valence-electron chi connectivity index (χ0n) is 12.1. The van der Waals surface area contributed by atoms with Crippen molar-refractivity contribution in [3.63, 3.8) is 0 Å². The van der Waals surface area contributed by atoms with E-state index in [2.05, 4.69) is 4.90 Å². The fourth-order valence-electron chi connectivity index (χ4n) is 2.62. The molecule has 112 valence electrons. The summed E-state index contributed by atoms with van der Waals surface area (Å²) in [6, 6.07) is 7.61. The first-order chi connectivity index (χ1) is 9.45. The van der Waals surface area contributed by atoms with Gasteiger partial charge in [0.1, 0.15) is 0 Å². The molecule has 6 heteroatoms. The van der Waals surface area contributed by atoms with Crippen molar-refractivity contribution < 1.29 is 8.42 Å². The summed E-state index contributed by atoms with van der Waals surface area (Å²) >= 11 is 0. The molecule has 1 atom stereocenters. The van der Waals surface area contributed by atoms with E-state index in [0.717, 1.165) is 31.5 Å². The second-order valence-electron chi connectivity index (χ2n) is 5.44. The molecule has 2 N–H and O–H groups in total. The molecule has 0 amide bonds. The van der Waals surface area contributed by atoms with E-state index in [1.54, 1.807) is 32.3 Å². The van der Waals surface area contributed by atoms with Gasteiger partial charge in [-0.3, -0.25) is 4.90 Å². The summed E-state index contributed by atoms with van der Waals surface area (Å²) in [5.74, 6) is 0. The lowest BCUT2D eigenvalue weighted by Crippen LogP contribution is -2.34. The Bertz CT molecular complexity index is 557. The lowest BCUT2D eigenvalue weighted by atomic mass is 10.2. The fourth-order valence-corrected chi connectivity index (χ4v) is 3.59. The molecule has 2 rings (SSSR count). The van der Waals surface area contributed by atoms with Crippen molar-refractivity contribution >= 4 is 10.0 Å². The minimum absolute atomic E-state index is 0.350. The minimum Gasteiger partial charge on any atom is -0.329 e. The standard InChI is InChI=1S/C14H23N3O2S/c1-16(2)20(18,19)14-7-3-5-12(9-14)11-17-8-4-6-13(17)10-15/h3,5,7,9,13H,4,6,8,10-11,15H2,1-2H3. The Kier molecular flexibility index (Phi) is 4.80. The van der Waals surface area contributed by atoms with Crippen LogP contribution in [0.4, 0.5) is 0 Å². The molecule has 20 heavy (non-hydrogen) atoms. The third-order valence-corrected chi connectivity index (χ3v) is 5.64. The second-order valence-corrected chi connectivity index (χ2v) is 7.59. The average molecular weight is 297 g/mol. The normalized spacial score (nSPS) is 20.7. The Morgan fingerprint density at radius 2 is 2.15 bits per heavy atom. The van der Waals surface area contributed by atoms with Gasteiger partial charge in [0.25, 0.3) is 0 Å². The van der Waals surface area contributed by atoms with Gasteiger partial charge in [0, 0.05) is 33.2 Å². The molecule has 1 aromatic rings. The van der Waals surface area contributed by atoms with Crippen LogP contribution in [0.25, 0.3) is 0 Å². The fraction of sp³-hybridized carbons (Fsp3) is 0.571. The van der Waals surface area contributed by atoms with Crippen molar-refractivity contribution in [1.29, 1.82) is 0 Å². The Morgan fingerprint density at radius 3 is 2.80 bits per heavy atom. The highest BCUT2D eigenvalue weighted by atomic mass is 32.2. The maximum absolute atomic E-state index is 12.1. The van der Waals surface area contributed by atoms with Crippen molar-refractivity contribution in [2.45, 2.75) is 30.3 Å². The zero-order chi connectivity index (χ0) is 14.8. The molecule has 1 aliphatic rings. The third kappa shape index (κ3) is 3.20. The Labute approximate surface area is 121 Å². The van der Waals surface area contributed by atoms with Crippen LogP contribution in [0.15, 0.2) is 29.2 Å². The van der Waals surface area contributed by atoms with Gasteiger partial charge in [-0.1, -0.05) is 12.1 Å². The monoisotopic (exact) mass is 297 g/mol. The lowest BCUT2D eigenvalue weighted by Gasteiger charge is -2.23. The van der Waals surface area contributed by atoms with E-state index in [0.29, 0.717) is 17.5 Å². The largest absolute Gasteiger partial charge is 0.329 e. The number of likely N-dealkylation sites (tertiary alicyclic amines) is 1. The highest BCUT2D eigenvalue weighted by molar-refractivity contribution is 7.89. The quantitative estimate of drug-likeness (QED) is 0.875. The summed E-state index contributed by atoms with van der Waals surface area (Å²) in [4.78, 5) is 2.69. The molecule has 1 saturated heterocycles. The highest BCUT2D eigenvalue weighted by Gasteiger charge is 2.23. The molecule has 0 aliphatic carbocycles. The molecule has 0 saturated carbocycles. The topological polar surface area (TPSA) is 66.6 Å². The van der Waals surface area contributed by atoms with Crippen LogP contribution in [0.3, 0.4) is 0 Å². The highest BCUT2D eigenvalue weighted by Crippen LogP contribution is 2.21. The Hall–Kier alpha value is -0.950. The first-order valence-corrected chi connectivity index (χ1v) is 8.34. The van der Waals surface area contributed by atoms with Crippen LogP contribution < -0.4 is 5.73 Å². The van der Waals surface area contributed by atoms with E-state index in [1.807, 2.05) is 6.07 Å². The summed E-state index contributed by atoms with van der Waals surface area (Å²) in [5, 5.41) is 0. The Morgan fingerprint density at radius 1 is 1.40 bits per heavy atom. The van der Waals surface area contributed by atoms with Gasteiger partial charge in [-0.2, -0.15) is 0 Å². The van der Waals surface area contributed by atoms with Gasteiger partial charge in [-0.25, -0.2) is 12.7 Å². The molecule has 5 nitrogen and oxygen atoms in total. The zero-order valence-corrected chi connectivity index (χ0v) is 12.9. The first-order valence-electron chi connectivity index (χ1n) is 6.90. The maximum Gasteiger partial charge on any atom is 0.242 e. The van der Waals surface area contributed by atoms with Gasteiger partial charge in [0.2, 0.25) is 10.0 Å². The summed E-state index contributed by atoms with van der Waals surface area (Å²) in [6.07, 6.45) is 2.30. The Balaban J connectivity index is 2.18. The average Bonchev–Trinajstić information content (AvgIpc) is 2.86. The van der Waals surface area contributed by atoms with E-state index in [-0.39, 0.29) is 0 Å². The molecule has 0 radical (unpaired) electrons. The minimum atomic E-state index is -3.36. The van der Waals surface area contributed by atoms with E-state index >= 15 is 0 Å². The number of hydrogen-bond acceptors (Lipinski definition) is 4. The molecule has 1 aromatic carbocycles. The molecule has 0 aromatic heterocycles. The van der Waals surface area contributed by atoms with E-state index in [4.69, 9.17) is 5.73 Å². The summed E-state index contributed by atoms with van der Waals surface area (Å²) < 4.78 is 25.5. The molecular formula is C14H23N3O2S. The van der Waals surface area contributed by atoms with E-state index in [1.165, 1.54) is 4.31 Å². The number of benzene rings is 1. The van der Waals surface area contributed by atoms with Crippen LogP contribution in [0.5, 0.6) is 0 Å². The molecule has 0 spiro atoms. The van der Waals surface area contributed by atoms with Crippen molar-refractivity contribution in [1.82, 2.24) is 9.21 Å². The number of rotatable bonds is 5. The van der Waals surface area contributed by atoms with Crippen LogP contribution in [0, 0.1) is 0 Å². The van der Waals surface area contributed by atoms with Crippen LogP contribution in [0.1, 0.15) is 18.4 Å². The van der Waals surface area contributed by atoms with Gasteiger partial charge in [0.05, 0.1) is 4.90 Å². The lowest BCUT2D eigenvalue weighted by molar-refractivity contribution is 0.250. The van der Waals surface area contributed by atoms with Crippen LogP contribution >= 0.6 is 0 Å². The van der Waals surface area contributed by atoms with Crippen molar-refractivity contribution in [3.05, 3.63) is 29.8 Å². The second kappa shape index (κ2) is 6.22. The number of sulfonamides is 1. The van der Waals surface area contributed by atoms with Crippen LogP contribution in [-0.2, 0) is 16.6 Å². The van der Waals surface area contributed by atoms with Crippen molar-refractivity contribution in [2.75, 3.05) is 27.2 Å². The molecule has 1 aliphatic heterocycles. The molecule has 1 unspecified atom stereocenters. The van der Waals surface area contributed by atoms with Gasteiger partial charge in [-0.05, 0) is 37.1 Å². The first kappa shape index (κ1) is 15.4. The number of nitrogens with two attached hydrogens (primary N) is 1. The van der Waals surface area contributed by atoms with E-state index in [9.17, 15) is 8.42 Å². The van der Waals surface area contributed by atoms with Crippen LogP contribution in [-0.4, -0.2) is 50.8 Å². The van der Waals surface area contributed by atoms with Crippen molar-refractivity contribution in [2.24, 2.45) is 5.73 Å². The molecule has 0 bridgehead atoms. The smallest absolute Gasteiger partial charge is 0.242 e. The number of nitrogens with zero attached hydrogens (tertiary/aromatic N) is 2. The summed E-state index contributed by atoms with van der Waals surface area (Å²) in [6.45, 7) is 2.46. The van der Waals surface area contributed by atoms with Crippen LogP contribution in [0.2, 0.25) is 0 Å². The van der Waals surface area contributed by atoms with Crippen molar-refractivity contribution in [3.8, 4) is 0 Å². The van der Waals surface area contributed by atoms with E-state index < -0.39 is 10.0 Å². The van der Waals surface area contributed by atoms with Gasteiger partial charge < -0.3 is 5.73 Å².